The van der Waals surface area contributed by atoms with Crippen molar-refractivity contribution < 1.29 is 13.9 Å². The van der Waals surface area contributed by atoms with E-state index in [0.29, 0.717) is 18.7 Å². The highest BCUT2D eigenvalue weighted by atomic mass is 19.1. The Bertz CT molecular complexity index is 610. The van der Waals surface area contributed by atoms with Crippen molar-refractivity contribution in [2.24, 2.45) is 0 Å². The maximum atomic E-state index is 12.9. The SMILES string of the molecule is COCc1cccc(C(=O)N(C)Cc2ccc(F)cc2)c1. The summed E-state index contributed by atoms with van der Waals surface area (Å²) in [5.74, 6) is -0.350. The molecule has 0 heterocycles. The van der Waals surface area contributed by atoms with E-state index in [1.165, 1.54) is 12.1 Å². The molecule has 0 aliphatic rings. The van der Waals surface area contributed by atoms with E-state index in [1.807, 2.05) is 18.2 Å². The molecule has 4 heteroatoms. The molecular weight excluding hydrogens is 269 g/mol. The largest absolute Gasteiger partial charge is 0.380 e. The van der Waals surface area contributed by atoms with Crippen LogP contribution in [0, 0.1) is 5.82 Å². The summed E-state index contributed by atoms with van der Waals surface area (Å²) < 4.78 is 17.9. The minimum Gasteiger partial charge on any atom is -0.380 e. The molecule has 0 aliphatic heterocycles. The van der Waals surface area contributed by atoms with E-state index in [1.54, 1.807) is 37.3 Å². The first-order valence-electron chi connectivity index (χ1n) is 6.68. The third kappa shape index (κ3) is 4.13. The number of halogens is 1. The zero-order valence-electron chi connectivity index (χ0n) is 12.2. The molecule has 2 aromatic carbocycles. The van der Waals surface area contributed by atoms with Crippen LogP contribution >= 0.6 is 0 Å². The van der Waals surface area contributed by atoms with Crippen LogP contribution in [-0.2, 0) is 17.9 Å². The van der Waals surface area contributed by atoms with E-state index in [-0.39, 0.29) is 11.7 Å². The van der Waals surface area contributed by atoms with Crippen LogP contribution in [0.2, 0.25) is 0 Å². The second-order valence-corrected chi connectivity index (χ2v) is 4.92. The number of nitrogens with zero attached hydrogens (tertiary/aromatic N) is 1. The smallest absolute Gasteiger partial charge is 0.253 e. The molecule has 110 valence electrons. The molecule has 0 bridgehead atoms. The second-order valence-electron chi connectivity index (χ2n) is 4.92. The van der Waals surface area contributed by atoms with E-state index < -0.39 is 0 Å². The second kappa shape index (κ2) is 6.99. The fraction of sp³-hybridized carbons (Fsp3) is 0.235. The number of methoxy groups -OCH3 is 1. The quantitative estimate of drug-likeness (QED) is 0.845. The Kier molecular flexibility index (Phi) is 5.06. The van der Waals surface area contributed by atoms with Crippen LogP contribution in [0.25, 0.3) is 0 Å². The van der Waals surface area contributed by atoms with Crippen LogP contribution < -0.4 is 0 Å². The summed E-state index contributed by atoms with van der Waals surface area (Å²) in [6.07, 6.45) is 0. The number of benzene rings is 2. The maximum Gasteiger partial charge on any atom is 0.253 e. The Balaban J connectivity index is 2.08. The van der Waals surface area contributed by atoms with Crippen molar-refractivity contribution in [1.29, 1.82) is 0 Å². The van der Waals surface area contributed by atoms with Gasteiger partial charge in [-0.05, 0) is 35.4 Å². The van der Waals surface area contributed by atoms with Crippen LogP contribution in [0.3, 0.4) is 0 Å². The van der Waals surface area contributed by atoms with Gasteiger partial charge in [-0.25, -0.2) is 4.39 Å². The average molecular weight is 287 g/mol. The molecule has 0 fully saturated rings. The number of amides is 1. The summed E-state index contributed by atoms with van der Waals surface area (Å²) in [6, 6.07) is 13.5. The highest BCUT2D eigenvalue weighted by Crippen LogP contribution is 2.11. The molecule has 0 atom stereocenters. The first-order chi connectivity index (χ1) is 10.1. The number of ether oxygens (including phenoxy) is 1. The standard InChI is InChI=1S/C17H18FNO2/c1-19(11-13-6-8-16(18)9-7-13)17(20)15-5-3-4-14(10-15)12-21-2/h3-10H,11-12H2,1-2H3. The summed E-state index contributed by atoms with van der Waals surface area (Å²) >= 11 is 0. The van der Waals surface area contributed by atoms with Crippen LogP contribution in [-0.4, -0.2) is 25.0 Å². The first kappa shape index (κ1) is 15.2. The highest BCUT2D eigenvalue weighted by molar-refractivity contribution is 5.94. The van der Waals surface area contributed by atoms with Gasteiger partial charge in [-0.15, -0.1) is 0 Å². The molecule has 2 aromatic rings. The molecule has 2 rings (SSSR count). The van der Waals surface area contributed by atoms with E-state index in [9.17, 15) is 9.18 Å². The van der Waals surface area contributed by atoms with E-state index in [2.05, 4.69) is 0 Å². The molecule has 0 aromatic heterocycles. The Morgan fingerprint density at radius 3 is 2.52 bits per heavy atom. The summed E-state index contributed by atoms with van der Waals surface area (Å²) in [5, 5.41) is 0. The van der Waals surface area contributed by atoms with Crippen molar-refractivity contribution in [2.45, 2.75) is 13.2 Å². The number of hydrogen-bond donors (Lipinski definition) is 0. The lowest BCUT2D eigenvalue weighted by molar-refractivity contribution is 0.0784. The Morgan fingerprint density at radius 1 is 1.14 bits per heavy atom. The van der Waals surface area contributed by atoms with Crippen molar-refractivity contribution >= 4 is 5.91 Å². The average Bonchev–Trinajstić information content (AvgIpc) is 2.49. The molecule has 1 amide bonds. The van der Waals surface area contributed by atoms with Gasteiger partial charge in [0.25, 0.3) is 5.91 Å². The van der Waals surface area contributed by atoms with Gasteiger partial charge < -0.3 is 9.64 Å². The van der Waals surface area contributed by atoms with Gasteiger partial charge in [-0.3, -0.25) is 4.79 Å². The minimum atomic E-state index is -0.278. The van der Waals surface area contributed by atoms with Gasteiger partial charge in [0.15, 0.2) is 0 Å². The van der Waals surface area contributed by atoms with Crippen molar-refractivity contribution in [1.82, 2.24) is 4.90 Å². The van der Waals surface area contributed by atoms with E-state index >= 15 is 0 Å². The lowest BCUT2D eigenvalue weighted by Crippen LogP contribution is -2.26. The molecular formula is C17H18FNO2. The summed E-state index contributed by atoms with van der Waals surface area (Å²) in [4.78, 5) is 14.0. The van der Waals surface area contributed by atoms with Gasteiger partial charge in [0.2, 0.25) is 0 Å². The van der Waals surface area contributed by atoms with Gasteiger partial charge in [0.1, 0.15) is 5.82 Å². The maximum absolute atomic E-state index is 12.9. The van der Waals surface area contributed by atoms with Gasteiger partial charge in [0.05, 0.1) is 6.61 Å². The van der Waals surface area contributed by atoms with Crippen molar-refractivity contribution in [3.05, 3.63) is 71.0 Å². The van der Waals surface area contributed by atoms with Crippen LogP contribution in [0.4, 0.5) is 4.39 Å². The lowest BCUT2D eigenvalue weighted by Gasteiger charge is -2.17. The fourth-order valence-electron chi connectivity index (χ4n) is 2.12. The number of hydrogen-bond acceptors (Lipinski definition) is 2. The number of rotatable bonds is 5. The molecule has 0 spiro atoms. The normalized spacial score (nSPS) is 10.4. The van der Waals surface area contributed by atoms with E-state index in [0.717, 1.165) is 11.1 Å². The van der Waals surface area contributed by atoms with E-state index in [4.69, 9.17) is 4.74 Å². The molecule has 0 saturated heterocycles. The fourth-order valence-corrected chi connectivity index (χ4v) is 2.12. The highest BCUT2D eigenvalue weighted by Gasteiger charge is 2.12. The van der Waals surface area contributed by atoms with Crippen molar-refractivity contribution in [2.75, 3.05) is 14.2 Å². The first-order valence-corrected chi connectivity index (χ1v) is 6.68. The van der Waals surface area contributed by atoms with Crippen LogP contribution in [0.1, 0.15) is 21.5 Å². The van der Waals surface area contributed by atoms with Gasteiger partial charge in [0, 0.05) is 26.3 Å². The minimum absolute atomic E-state index is 0.0720. The van der Waals surface area contributed by atoms with Gasteiger partial charge in [-0.2, -0.15) is 0 Å². The van der Waals surface area contributed by atoms with Crippen LogP contribution in [0.5, 0.6) is 0 Å². The molecule has 0 N–H and O–H groups in total. The zero-order chi connectivity index (χ0) is 15.2. The number of carbonyl (C=O) groups is 1. The molecule has 21 heavy (non-hydrogen) atoms. The Hall–Kier alpha value is -2.20. The Morgan fingerprint density at radius 2 is 1.86 bits per heavy atom. The molecule has 0 aliphatic carbocycles. The van der Waals surface area contributed by atoms with Crippen molar-refractivity contribution in [3.8, 4) is 0 Å². The van der Waals surface area contributed by atoms with Crippen molar-refractivity contribution in [3.63, 3.8) is 0 Å². The van der Waals surface area contributed by atoms with Gasteiger partial charge >= 0.3 is 0 Å². The topological polar surface area (TPSA) is 29.5 Å². The predicted molar refractivity (Wildman–Crippen MR) is 79.4 cm³/mol. The third-order valence-electron chi connectivity index (χ3n) is 3.16. The summed E-state index contributed by atoms with van der Waals surface area (Å²) in [7, 11) is 3.35. The summed E-state index contributed by atoms with van der Waals surface area (Å²) in [6.45, 7) is 0.913. The monoisotopic (exact) mass is 287 g/mol. The lowest BCUT2D eigenvalue weighted by atomic mass is 10.1. The predicted octanol–water partition coefficient (Wildman–Crippen LogP) is 3.24. The molecule has 0 saturated carbocycles. The molecule has 0 unspecified atom stereocenters. The summed E-state index contributed by atoms with van der Waals surface area (Å²) in [5.41, 5.74) is 2.47. The third-order valence-corrected chi connectivity index (χ3v) is 3.16. The van der Waals surface area contributed by atoms with Crippen LogP contribution in [0.15, 0.2) is 48.5 Å². The molecule has 0 radical (unpaired) electrons. The number of carbonyl (C=O) groups excluding carboxylic acids is 1. The molecule has 3 nitrogen and oxygen atoms in total. The van der Waals surface area contributed by atoms with Gasteiger partial charge in [-0.1, -0.05) is 24.3 Å². The zero-order valence-corrected chi connectivity index (χ0v) is 12.2. The Labute approximate surface area is 124 Å².